The van der Waals surface area contributed by atoms with E-state index < -0.39 is 0 Å². The summed E-state index contributed by atoms with van der Waals surface area (Å²) >= 11 is 1.62. The smallest absolute Gasteiger partial charge is 0.168 e. The monoisotopic (exact) mass is 217 g/mol. The SMILES string of the molecule is Nc1ncnc2c1cnn2-c1ccsc1. The Kier molecular flexibility index (Phi) is 1.69. The molecule has 0 saturated heterocycles. The van der Waals surface area contributed by atoms with Gasteiger partial charge < -0.3 is 5.73 Å². The first-order valence-electron chi connectivity index (χ1n) is 4.33. The van der Waals surface area contributed by atoms with Gasteiger partial charge in [0, 0.05) is 5.38 Å². The number of rotatable bonds is 1. The van der Waals surface area contributed by atoms with Crippen LogP contribution in [-0.2, 0) is 0 Å². The number of nitrogen functional groups attached to an aromatic ring is 1. The van der Waals surface area contributed by atoms with E-state index in [0.29, 0.717) is 5.82 Å². The number of thiophene rings is 1. The zero-order valence-corrected chi connectivity index (χ0v) is 8.48. The molecule has 6 heteroatoms. The van der Waals surface area contributed by atoms with Crippen LogP contribution in [-0.4, -0.2) is 19.7 Å². The summed E-state index contributed by atoms with van der Waals surface area (Å²) in [5, 5.41) is 9.02. The van der Waals surface area contributed by atoms with Gasteiger partial charge in [0.2, 0.25) is 0 Å². The fourth-order valence-electron chi connectivity index (χ4n) is 1.43. The minimum Gasteiger partial charge on any atom is -0.383 e. The van der Waals surface area contributed by atoms with Crippen LogP contribution in [0.2, 0.25) is 0 Å². The molecule has 0 bridgehead atoms. The largest absolute Gasteiger partial charge is 0.383 e. The van der Waals surface area contributed by atoms with Crippen LogP contribution in [0.25, 0.3) is 16.7 Å². The van der Waals surface area contributed by atoms with E-state index in [4.69, 9.17) is 5.73 Å². The first kappa shape index (κ1) is 8.37. The van der Waals surface area contributed by atoms with E-state index in [2.05, 4.69) is 15.1 Å². The average molecular weight is 217 g/mol. The predicted octanol–water partition coefficient (Wildman–Crippen LogP) is 1.46. The molecule has 0 spiro atoms. The molecule has 5 nitrogen and oxygen atoms in total. The van der Waals surface area contributed by atoms with Crippen LogP contribution >= 0.6 is 11.3 Å². The van der Waals surface area contributed by atoms with Gasteiger partial charge in [0.1, 0.15) is 12.1 Å². The normalized spacial score (nSPS) is 10.9. The number of nitrogens with two attached hydrogens (primary N) is 1. The van der Waals surface area contributed by atoms with Crippen LogP contribution in [0.3, 0.4) is 0 Å². The number of aromatic nitrogens is 4. The van der Waals surface area contributed by atoms with Gasteiger partial charge in [-0.25, -0.2) is 14.6 Å². The lowest BCUT2D eigenvalue weighted by Gasteiger charge is -1.98. The lowest BCUT2D eigenvalue weighted by Crippen LogP contribution is -1.97. The first-order valence-corrected chi connectivity index (χ1v) is 5.27. The lowest BCUT2D eigenvalue weighted by molar-refractivity contribution is 0.899. The summed E-state index contributed by atoms with van der Waals surface area (Å²) < 4.78 is 1.75. The van der Waals surface area contributed by atoms with Crippen molar-refractivity contribution >= 4 is 28.2 Å². The lowest BCUT2D eigenvalue weighted by atomic mass is 10.4. The van der Waals surface area contributed by atoms with E-state index in [1.807, 2.05) is 16.8 Å². The second-order valence-corrected chi connectivity index (χ2v) is 3.81. The minimum atomic E-state index is 0.460. The van der Waals surface area contributed by atoms with E-state index in [0.717, 1.165) is 16.7 Å². The topological polar surface area (TPSA) is 69.6 Å². The molecule has 0 fully saturated rings. The maximum atomic E-state index is 5.72. The molecular weight excluding hydrogens is 210 g/mol. The van der Waals surface area contributed by atoms with E-state index in [1.54, 1.807) is 22.2 Å². The molecule has 0 unspecified atom stereocenters. The molecule has 0 aliphatic rings. The standard InChI is InChI=1S/C9H7N5S/c10-8-7-3-13-14(6-1-2-15-4-6)9(7)12-5-11-8/h1-5H,(H2,10,11,12). The van der Waals surface area contributed by atoms with Crippen molar-refractivity contribution in [2.24, 2.45) is 0 Å². The van der Waals surface area contributed by atoms with Gasteiger partial charge >= 0.3 is 0 Å². The van der Waals surface area contributed by atoms with Crippen molar-refractivity contribution in [3.05, 3.63) is 29.4 Å². The third-order valence-corrected chi connectivity index (χ3v) is 2.82. The van der Waals surface area contributed by atoms with Crippen LogP contribution < -0.4 is 5.73 Å². The van der Waals surface area contributed by atoms with E-state index >= 15 is 0 Å². The summed E-state index contributed by atoms with van der Waals surface area (Å²) in [5.41, 5.74) is 7.45. The molecule has 3 heterocycles. The second-order valence-electron chi connectivity index (χ2n) is 3.03. The Labute approximate surface area is 89.2 Å². The number of anilines is 1. The molecule has 3 aromatic rings. The third kappa shape index (κ3) is 1.18. The molecule has 74 valence electrons. The predicted molar refractivity (Wildman–Crippen MR) is 58.9 cm³/mol. The highest BCUT2D eigenvalue weighted by Crippen LogP contribution is 2.20. The maximum absolute atomic E-state index is 5.72. The molecule has 0 aliphatic heterocycles. The van der Waals surface area contributed by atoms with Gasteiger partial charge in [-0.15, -0.1) is 0 Å². The Bertz CT molecular complexity index is 598. The van der Waals surface area contributed by atoms with Crippen LogP contribution in [0.5, 0.6) is 0 Å². The van der Waals surface area contributed by atoms with Gasteiger partial charge in [-0.2, -0.15) is 16.4 Å². The quantitative estimate of drug-likeness (QED) is 0.670. The molecule has 0 aromatic carbocycles. The van der Waals surface area contributed by atoms with Gasteiger partial charge in [-0.3, -0.25) is 0 Å². The van der Waals surface area contributed by atoms with Gasteiger partial charge in [0.25, 0.3) is 0 Å². The molecule has 0 amide bonds. The van der Waals surface area contributed by atoms with Crippen LogP contribution in [0.15, 0.2) is 29.4 Å². The number of fused-ring (bicyclic) bond motifs is 1. The van der Waals surface area contributed by atoms with Crippen molar-refractivity contribution in [1.82, 2.24) is 19.7 Å². The number of hydrogen-bond donors (Lipinski definition) is 1. The fourth-order valence-corrected chi connectivity index (χ4v) is 2.04. The molecule has 3 rings (SSSR count). The highest BCUT2D eigenvalue weighted by atomic mass is 32.1. The fraction of sp³-hybridized carbons (Fsp3) is 0. The van der Waals surface area contributed by atoms with Crippen molar-refractivity contribution in [2.75, 3.05) is 5.73 Å². The van der Waals surface area contributed by atoms with E-state index in [-0.39, 0.29) is 0 Å². The molecule has 15 heavy (non-hydrogen) atoms. The second kappa shape index (κ2) is 3.03. The zero-order chi connectivity index (χ0) is 10.3. The summed E-state index contributed by atoms with van der Waals surface area (Å²) in [6, 6.07) is 1.98. The number of nitrogens with zero attached hydrogens (tertiary/aromatic N) is 4. The maximum Gasteiger partial charge on any atom is 0.168 e. The Morgan fingerprint density at radius 1 is 1.33 bits per heavy atom. The summed E-state index contributed by atoms with van der Waals surface area (Å²) in [6.07, 6.45) is 3.13. The Balaban J connectivity index is 2.34. The molecule has 3 aromatic heterocycles. The summed E-state index contributed by atoms with van der Waals surface area (Å²) in [5.74, 6) is 0.460. The Morgan fingerprint density at radius 2 is 2.27 bits per heavy atom. The summed E-state index contributed by atoms with van der Waals surface area (Å²) in [4.78, 5) is 8.09. The van der Waals surface area contributed by atoms with Gasteiger partial charge in [0.15, 0.2) is 5.65 Å². The molecule has 2 N–H and O–H groups in total. The van der Waals surface area contributed by atoms with Crippen LogP contribution in [0.1, 0.15) is 0 Å². The average Bonchev–Trinajstić information content (AvgIpc) is 2.85. The molecule has 0 radical (unpaired) electrons. The third-order valence-electron chi connectivity index (χ3n) is 2.15. The Hall–Kier alpha value is -1.95. The minimum absolute atomic E-state index is 0.460. The molecule has 0 atom stereocenters. The van der Waals surface area contributed by atoms with Gasteiger partial charge in [-0.1, -0.05) is 0 Å². The first-order chi connectivity index (χ1) is 7.36. The highest BCUT2D eigenvalue weighted by molar-refractivity contribution is 7.08. The van der Waals surface area contributed by atoms with Crippen molar-refractivity contribution < 1.29 is 0 Å². The van der Waals surface area contributed by atoms with Crippen molar-refractivity contribution in [2.45, 2.75) is 0 Å². The molecule has 0 saturated carbocycles. The highest BCUT2D eigenvalue weighted by Gasteiger charge is 2.08. The van der Waals surface area contributed by atoms with Crippen molar-refractivity contribution in [3.63, 3.8) is 0 Å². The van der Waals surface area contributed by atoms with Crippen LogP contribution in [0.4, 0.5) is 5.82 Å². The molecular formula is C9H7N5S. The van der Waals surface area contributed by atoms with Crippen molar-refractivity contribution in [3.8, 4) is 5.69 Å². The van der Waals surface area contributed by atoms with E-state index in [1.165, 1.54) is 6.33 Å². The zero-order valence-electron chi connectivity index (χ0n) is 7.66. The van der Waals surface area contributed by atoms with Crippen molar-refractivity contribution in [1.29, 1.82) is 0 Å². The number of hydrogen-bond acceptors (Lipinski definition) is 5. The van der Waals surface area contributed by atoms with E-state index in [9.17, 15) is 0 Å². The molecule has 0 aliphatic carbocycles. The Morgan fingerprint density at radius 3 is 3.07 bits per heavy atom. The summed E-state index contributed by atoms with van der Waals surface area (Å²) in [7, 11) is 0. The summed E-state index contributed by atoms with van der Waals surface area (Å²) in [6.45, 7) is 0. The van der Waals surface area contributed by atoms with Gasteiger partial charge in [-0.05, 0) is 11.4 Å². The van der Waals surface area contributed by atoms with Gasteiger partial charge in [0.05, 0.1) is 17.3 Å². The van der Waals surface area contributed by atoms with Crippen LogP contribution in [0, 0.1) is 0 Å².